The molecule has 1 heterocycles. The van der Waals surface area contributed by atoms with Crippen LogP contribution in [-0.2, 0) is 0 Å². The first-order valence-electron chi connectivity index (χ1n) is 17.6. The number of hydrogen-bond donors (Lipinski definition) is 0. The summed E-state index contributed by atoms with van der Waals surface area (Å²) in [6.07, 6.45) is 0. The van der Waals surface area contributed by atoms with Crippen molar-refractivity contribution in [3.8, 4) is 33.4 Å². The number of rotatable bonds is 3. The number of furan rings is 1. The first-order valence-corrected chi connectivity index (χ1v) is 17.6. The third-order valence-electron chi connectivity index (χ3n) is 10.8. The lowest BCUT2D eigenvalue weighted by Gasteiger charge is -2.14. The Bertz CT molecular complexity index is 3200. The van der Waals surface area contributed by atoms with Gasteiger partial charge in [0.2, 0.25) is 0 Å². The molecule has 0 aliphatic rings. The van der Waals surface area contributed by atoms with Crippen LogP contribution in [0.15, 0.2) is 186 Å². The third-order valence-corrected chi connectivity index (χ3v) is 10.8. The maximum Gasteiger partial charge on any atom is 0.136 e. The van der Waals surface area contributed by atoms with Gasteiger partial charge in [-0.2, -0.15) is 0 Å². The highest BCUT2D eigenvalue weighted by Crippen LogP contribution is 2.40. The standard InChI is InChI=1S/C50H30O/c1-2-9-34-25-35(16-13-31(34)7-1)37-20-23-45-46-24-21-38(29-50(46)51-49(45)28-37)36-17-14-32-15-18-39(27-40(32)26-36)47-30-48-41-10-4-3-8-33(41)19-22-44(48)42-11-5-6-12-43(42)47/h1-30H. The van der Waals surface area contributed by atoms with Crippen LogP contribution in [0.5, 0.6) is 0 Å². The van der Waals surface area contributed by atoms with Gasteiger partial charge in [-0.25, -0.2) is 0 Å². The molecule has 11 aromatic rings. The van der Waals surface area contributed by atoms with E-state index in [-0.39, 0.29) is 0 Å². The molecule has 11 rings (SSSR count). The lowest BCUT2D eigenvalue weighted by molar-refractivity contribution is 0.669. The van der Waals surface area contributed by atoms with Gasteiger partial charge in [0.1, 0.15) is 11.2 Å². The van der Waals surface area contributed by atoms with Crippen molar-refractivity contribution in [2.24, 2.45) is 0 Å². The second-order valence-corrected chi connectivity index (χ2v) is 13.7. The molecule has 1 nitrogen and oxygen atoms in total. The number of benzene rings is 10. The topological polar surface area (TPSA) is 13.1 Å². The zero-order valence-electron chi connectivity index (χ0n) is 27.7. The van der Waals surface area contributed by atoms with Crippen LogP contribution in [0.4, 0.5) is 0 Å². The minimum atomic E-state index is 0.905. The largest absolute Gasteiger partial charge is 0.456 e. The average molecular weight is 647 g/mol. The van der Waals surface area contributed by atoms with Crippen molar-refractivity contribution in [3.63, 3.8) is 0 Å². The molecule has 1 aromatic heterocycles. The predicted octanol–water partition coefficient (Wildman–Crippen LogP) is 14.4. The van der Waals surface area contributed by atoms with Gasteiger partial charge in [-0.05, 0) is 136 Å². The predicted molar refractivity (Wildman–Crippen MR) is 218 cm³/mol. The van der Waals surface area contributed by atoms with Crippen molar-refractivity contribution in [2.75, 3.05) is 0 Å². The molecule has 0 spiro atoms. The summed E-state index contributed by atoms with van der Waals surface area (Å²) in [6.45, 7) is 0. The van der Waals surface area contributed by atoms with Gasteiger partial charge in [-0.1, -0.05) is 133 Å². The Balaban J connectivity index is 1.01. The van der Waals surface area contributed by atoms with Crippen molar-refractivity contribution in [1.82, 2.24) is 0 Å². The summed E-state index contributed by atoms with van der Waals surface area (Å²) in [6, 6.07) is 66.4. The smallest absolute Gasteiger partial charge is 0.136 e. The summed E-state index contributed by atoms with van der Waals surface area (Å²) in [5.41, 5.74) is 8.96. The average Bonchev–Trinajstić information content (AvgIpc) is 3.57. The van der Waals surface area contributed by atoms with Gasteiger partial charge in [0.15, 0.2) is 0 Å². The van der Waals surface area contributed by atoms with Crippen LogP contribution in [0.2, 0.25) is 0 Å². The molecule has 0 aliphatic carbocycles. The molecule has 0 aliphatic heterocycles. The van der Waals surface area contributed by atoms with Crippen LogP contribution in [0.1, 0.15) is 0 Å². The van der Waals surface area contributed by atoms with E-state index in [1.165, 1.54) is 76.1 Å². The monoisotopic (exact) mass is 646 g/mol. The summed E-state index contributed by atoms with van der Waals surface area (Å²) in [7, 11) is 0. The van der Waals surface area contributed by atoms with E-state index in [4.69, 9.17) is 4.42 Å². The maximum atomic E-state index is 6.54. The van der Waals surface area contributed by atoms with E-state index >= 15 is 0 Å². The Kier molecular flexibility index (Phi) is 6.02. The Labute approximate surface area is 294 Å². The van der Waals surface area contributed by atoms with Crippen molar-refractivity contribution >= 4 is 75.8 Å². The van der Waals surface area contributed by atoms with Crippen LogP contribution in [-0.4, -0.2) is 0 Å². The summed E-state index contributed by atoms with van der Waals surface area (Å²) in [4.78, 5) is 0. The number of fused-ring (bicyclic) bond motifs is 10. The molecule has 0 atom stereocenters. The van der Waals surface area contributed by atoms with Crippen LogP contribution in [0, 0.1) is 0 Å². The van der Waals surface area contributed by atoms with E-state index in [1.807, 2.05) is 0 Å². The highest BCUT2D eigenvalue weighted by atomic mass is 16.3. The van der Waals surface area contributed by atoms with Gasteiger partial charge in [0.05, 0.1) is 0 Å². The number of hydrogen-bond acceptors (Lipinski definition) is 1. The van der Waals surface area contributed by atoms with Crippen LogP contribution in [0.25, 0.3) is 109 Å². The molecule has 0 amide bonds. The second-order valence-electron chi connectivity index (χ2n) is 13.7. The molecule has 236 valence electrons. The zero-order chi connectivity index (χ0) is 33.5. The highest BCUT2D eigenvalue weighted by molar-refractivity contribution is 6.21. The SMILES string of the molecule is c1ccc2cc(-c3ccc4c(c3)oc3cc(-c5ccc6ccc(-c7cc8c9ccccc9ccc8c8ccccc78)cc6c5)ccc34)ccc2c1. The Hall–Kier alpha value is -6.70. The van der Waals surface area contributed by atoms with E-state index in [9.17, 15) is 0 Å². The van der Waals surface area contributed by atoms with E-state index in [1.54, 1.807) is 0 Å². The third kappa shape index (κ3) is 4.49. The van der Waals surface area contributed by atoms with Crippen molar-refractivity contribution < 1.29 is 4.42 Å². The molecular weight excluding hydrogens is 617 g/mol. The fraction of sp³-hybridized carbons (Fsp3) is 0. The Morgan fingerprint density at radius 1 is 0.235 bits per heavy atom. The molecule has 0 N–H and O–H groups in total. The second kappa shape index (κ2) is 10.9. The molecule has 0 fully saturated rings. The summed E-state index contributed by atoms with van der Waals surface area (Å²) >= 11 is 0. The van der Waals surface area contributed by atoms with Crippen LogP contribution < -0.4 is 0 Å². The molecule has 10 aromatic carbocycles. The van der Waals surface area contributed by atoms with Crippen molar-refractivity contribution in [1.29, 1.82) is 0 Å². The molecule has 0 unspecified atom stereocenters. The van der Waals surface area contributed by atoms with Gasteiger partial charge in [0.25, 0.3) is 0 Å². The quantitative estimate of drug-likeness (QED) is 0.174. The van der Waals surface area contributed by atoms with Crippen LogP contribution >= 0.6 is 0 Å². The molecule has 0 saturated heterocycles. The lowest BCUT2D eigenvalue weighted by Crippen LogP contribution is -1.87. The van der Waals surface area contributed by atoms with Gasteiger partial charge in [-0.15, -0.1) is 0 Å². The van der Waals surface area contributed by atoms with Gasteiger partial charge in [-0.3, -0.25) is 0 Å². The first-order chi connectivity index (χ1) is 25.2. The molecule has 0 bridgehead atoms. The van der Waals surface area contributed by atoms with Crippen LogP contribution in [0.3, 0.4) is 0 Å². The summed E-state index contributed by atoms with van der Waals surface area (Å²) in [5.74, 6) is 0. The molecule has 0 saturated carbocycles. The minimum Gasteiger partial charge on any atom is -0.456 e. The van der Waals surface area contributed by atoms with Crippen molar-refractivity contribution in [2.45, 2.75) is 0 Å². The van der Waals surface area contributed by atoms with Gasteiger partial charge >= 0.3 is 0 Å². The first kappa shape index (κ1) is 28.2. The molecule has 0 radical (unpaired) electrons. The van der Waals surface area contributed by atoms with Crippen molar-refractivity contribution in [3.05, 3.63) is 182 Å². The van der Waals surface area contributed by atoms with E-state index < -0.39 is 0 Å². The summed E-state index contributed by atoms with van der Waals surface area (Å²) < 4.78 is 6.54. The molecular formula is C50H30O. The summed E-state index contributed by atoms with van der Waals surface area (Å²) in [5, 5.41) is 14.9. The lowest BCUT2D eigenvalue weighted by atomic mass is 9.90. The fourth-order valence-corrected chi connectivity index (χ4v) is 8.20. The zero-order valence-corrected chi connectivity index (χ0v) is 27.7. The van der Waals surface area contributed by atoms with E-state index in [0.717, 1.165) is 33.1 Å². The Morgan fingerprint density at radius 2 is 0.686 bits per heavy atom. The maximum absolute atomic E-state index is 6.54. The highest BCUT2D eigenvalue weighted by Gasteiger charge is 2.13. The fourth-order valence-electron chi connectivity index (χ4n) is 8.20. The van der Waals surface area contributed by atoms with E-state index in [0.29, 0.717) is 0 Å². The van der Waals surface area contributed by atoms with Gasteiger partial charge < -0.3 is 4.42 Å². The minimum absolute atomic E-state index is 0.905. The normalized spacial score (nSPS) is 11.9. The molecule has 1 heteroatoms. The Morgan fingerprint density at radius 3 is 1.41 bits per heavy atom. The molecule has 51 heavy (non-hydrogen) atoms. The van der Waals surface area contributed by atoms with E-state index in [2.05, 4.69) is 182 Å². The van der Waals surface area contributed by atoms with Gasteiger partial charge in [0, 0.05) is 10.8 Å².